The topological polar surface area (TPSA) is 41.5 Å². The molecular formula is C16H24ClNO2S. The highest BCUT2D eigenvalue weighted by Crippen LogP contribution is 2.42. The summed E-state index contributed by atoms with van der Waals surface area (Å²) in [5.74, 6) is 0.766. The Labute approximate surface area is 136 Å². The second-order valence-electron chi connectivity index (χ2n) is 5.64. The molecule has 0 amide bonds. The van der Waals surface area contributed by atoms with Crippen molar-refractivity contribution in [3.63, 3.8) is 0 Å². The summed E-state index contributed by atoms with van der Waals surface area (Å²) in [5.41, 5.74) is 1.18. The fraction of sp³-hybridized carbons (Fsp3) is 0.625. The largest absolute Gasteiger partial charge is 0.375 e. The first-order valence-corrected chi connectivity index (χ1v) is 8.83. The average Bonchev–Trinajstić information content (AvgIpc) is 2.96. The van der Waals surface area contributed by atoms with E-state index < -0.39 is 0 Å². The van der Waals surface area contributed by atoms with Crippen LogP contribution in [0.4, 0.5) is 0 Å². The molecule has 21 heavy (non-hydrogen) atoms. The predicted octanol–water partition coefficient (Wildman–Crippen LogP) is 4.53. The smallest absolute Gasteiger partial charge is 0.100 e. The van der Waals surface area contributed by atoms with Crippen molar-refractivity contribution < 1.29 is 9.29 Å². The van der Waals surface area contributed by atoms with Crippen LogP contribution in [0.5, 0.6) is 0 Å². The number of rotatable bonds is 8. The molecule has 0 heterocycles. The average molecular weight is 330 g/mol. The van der Waals surface area contributed by atoms with Crippen LogP contribution in [0, 0.1) is 0 Å². The van der Waals surface area contributed by atoms with Crippen LogP contribution in [0.2, 0.25) is 5.02 Å². The summed E-state index contributed by atoms with van der Waals surface area (Å²) in [4.78, 5) is 0. The summed E-state index contributed by atoms with van der Waals surface area (Å²) >= 11 is 6.90. The molecule has 1 saturated carbocycles. The summed E-state index contributed by atoms with van der Waals surface area (Å²) in [6, 6.07) is 7.96. The minimum Gasteiger partial charge on any atom is -0.375 e. The van der Waals surface area contributed by atoms with E-state index in [9.17, 15) is 0 Å². The molecule has 1 atom stereocenters. The van der Waals surface area contributed by atoms with Gasteiger partial charge in [0.15, 0.2) is 0 Å². The lowest BCUT2D eigenvalue weighted by atomic mass is 9.85. The Kier molecular flexibility index (Phi) is 6.83. The van der Waals surface area contributed by atoms with Gasteiger partial charge < -0.3 is 14.6 Å². The quantitative estimate of drug-likeness (QED) is 0.543. The van der Waals surface area contributed by atoms with Crippen LogP contribution in [0.3, 0.4) is 0 Å². The SMILES string of the molecule is COC(c1ccc(Cl)cc1)C1(NCCCSO)CCCC1. The Morgan fingerprint density at radius 3 is 2.57 bits per heavy atom. The molecule has 0 spiro atoms. The summed E-state index contributed by atoms with van der Waals surface area (Å²) < 4.78 is 14.7. The van der Waals surface area contributed by atoms with Gasteiger partial charge in [-0.25, -0.2) is 0 Å². The van der Waals surface area contributed by atoms with Crippen molar-refractivity contribution in [1.29, 1.82) is 0 Å². The third-order valence-corrected chi connectivity index (χ3v) is 5.02. The van der Waals surface area contributed by atoms with Crippen LogP contribution in [0.15, 0.2) is 24.3 Å². The molecule has 1 aliphatic carbocycles. The van der Waals surface area contributed by atoms with Gasteiger partial charge in [0.2, 0.25) is 0 Å². The summed E-state index contributed by atoms with van der Waals surface area (Å²) in [7, 11) is 1.78. The molecule has 0 saturated heterocycles. The first-order chi connectivity index (χ1) is 10.2. The number of nitrogens with one attached hydrogen (secondary N) is 1. The van der Waals surface area contributed by atoms with Crippen molar-refractivity contribution in [3.8, 4) is 0 Å². The van der Waals surface area contributed by atoms with Gasteiger partial charge in [0.1, 0.15) is 6.10 Å². The number of halogens is 1. The van der Waals surface area contributed by atoms with E-state index in [-0.39, 0.29) is 11.6 Å². The molecule has 1 unspecified atom stereocenters. The van der Waals surface area contributed by atoms with Crippen LogP contribution >= 0.6 is 23.6 Å². The van der Waals surface area contributed by atoms with E-state index in [0.717, 1.165) is 48.6 Å². The maximum absolute atomic E-state index is 8.83. The van der Waals surface area contributed by atoms with Gasteiger partial charge in [-0.3, -0.25) is 0 Å². The lowest BCUT2D eigenvalue weighted by molar-refractivity contribution is 0.0171. The number of hydrogen-bond donors (Lipinski definition) is 2. The number of ether oxygens (including phenoxy) is 1. The molecule has 2 N–H and O–H groups in total. The van der Waals surface area contributed by atoms with Gasteiger partial charge in [0.05, 0.1) is 0 Å². The summed E-state index contributed by atoms with van der Waals surface area (Å²) in [5, 5.41) is 4.46. The normalized spacial score (nSPS) is 18.8. The lowest BCUT2D eigenvalue weighted by Crippen LogP contribution is -2.49. The fourth-order valence-corrected chi connectivity index (χ4v) is 3.73. The Bertz CT molecular complexity index is 421. The highest BCUT2D eigenvalue weighted by Gasteiger charge is 2.41. The molecule has 118 valence electrons. The van der Waals surface area contributed by atoms with Crippen LogP contribution in [-0.4, -0.2) is 29.5 Å². The standard InChI is InChI=1S/C16H24ClNO2S/c1-20-15(13-5-7-14(17)8-6-13)16(9-2-3-10-16)18-11-4-12-21-19/h5-8,15,18-19H,2-4,9-12H2,1H3. The first kappa shape index (κ1) is 17.1. The molecule has 1 aromatic carbocycles. The zero-order valence-electron chi connectivity index (χ0n) is 12.5. The summed E-state index contributed by atoms with van der Waals surface area (Å²) in [6.07, 6.45) is 5.71. The first-order valence-electron chi connectivity index (χ1n) is 7.51. The zero-order chi connectivity index (χ0) is 15.1. The van der Waals surface area contributed by atoms with Gasteiger partial charge >= 0.3 is 0 Å². The molecule has 0 aromatic heterocycles. The van der Waals surface area contributed by atoms with E-state index in [1.165, 1.54) is 18.4 Å². The van der Waals surface area contributed by atoms with Crippen LogP contribution in [0.25, 0.3) is 0 Å². The van der Waals surface area contributed by atoms with Crippen molar-refractivity contribution in [3.05, 3.63) is 34.9 Å². The van der Waals surface area contributed by atoms with Gasteiger partial charge in [-0.05, 0) is 55.5 Å². The Hall–Kier alpha value is -0.260. The van der Waals surface area contributed by atoms with Crippen LogP contribution in [-0.2, 0) is 4.74 Å². The highest BCUT2D eigenvalue weighted by molar-refractivity contribution is 7.93. The number of hydrogen-bond acceptors (Lipinski definition) is 4. The molecular weight excluding hydrogens is 306 g/mol. The van der Waals surface area contributed by atoms with E-state index in [1.807, 2.05) is 12.1 Å². The molecule has 0 bridgehead atoms. The molecule has 1 aliphatic rings. The Morgan fingerprint density at radius 1 is 1.33 bits per heavy atom. The van der Waals surface area contributed by atoms with Gasteiger partial charge in [-0.15, -0.1) is 0 Å². The van der Waals surface area contributed by atoms with Gasteiger partial charge in [-0.2, -0.15) is 0 Å². The third-order valence-electron chi connectivity index (χ3n) is 4.30. The minimum absolute atomic E-state index is 0.00268. The second kappa shape index (κ2) is 8.39. The predicted molar refractivity (Wildman–Crippen MR) is 90.1 cm³/mol. The minimum atomic E-state index is 0.00268. The molecule has 0 radical (unpaired) electrons. The van der Waals surface area contributed by atoms with Crippen molar-refractivity contribution in [2.75, 3.05) is 19.4 Å². The summed E-state index contributed by atoms with van der Waals surface area (Å²) in [6.45, 7) is 0.904. The second-order valence-corrected chi connectivity index (χ2v) is 6.75. The fourth-order valence-electron chi connectivity index (χ4n) is 3.33. The van der Waals surface area contributed by atoms with Crippen LogP contribution < -0.4 is 5.32 Å². The zero-order valence-corrected chi connectivity index (χ0v) is 14.1. The Morgan fingerprint density at radius 2 is 2.00 bits per heavy atom. The van der Waals surface area contributed by atoms with E-state index in [4.69, 9.17) is 20.9 Å². The Balaban J connectivity index is 2.12. The monoisotopic (exact) mass is 329 g/mol. The van der Waals surface area contributed by atoms with Gasteiger partial charge in [0, 0.05) is 23.4 Å². The molecule has 5 heteroatoms. The third kappa shape index (κ3) is 4.36. The maximum atomic E-state index is 8.83. The van der Waals surface area contributed by atoms with Crippen molar-refractivity contribution in [1.82, 2.24) is 5.32 Å². The van der Waals surface area contributed by atoms with Crippen molar-refractivity contribution in [2.24, 2.45) is 0 Å². The van der Waals surface area contributed by atoms with Gasteiger partial charge in [0.25, 0.3) is 0 Å². The van der Waals surface area contributed by atoms with E-state index in [1.54, 1.807) is 7.11 Å². The van der Waals surface area contributed by atoms with Crippen molar-refractivity contribution in [2.45, 2.75) is 43.7 Å². The molecule has 1 fully saturated rings. The van der Waals surface area contributed by atoms with E-state index >= 15 is 0 Å². The molecule has 2 rings (SSSR count). The van der Waals surface area contributed by atoms with Crippen LogP contribution in [0.1, 0.15) is 43.8 Å². The molecule has 0 aliphatic heterocycles. The van der Waals surface area contributed by atoms with E-state index in [0.29, 0.717) is 0 Å². The molecule has 3 nitrogen and oxygen atoms in total. The van der Waals surface area contributed by atoms with Gasteiger partial charge in [-0.1, -0.05) is 36.6 Å². The number of benzene rings is 1. The lowest BCUT2D eigenvalue weighted by Gasteiger charge is -2.38. The highest BCUT2D eigenvalue weighted by atomic mass is 35.5. The maximum Gasteiger partial charge on any atom is 0.100 e. The van der Waals surface area contributed by atoms with Crippen molar-refractivity contribution >= 4 is 23.6 Å². The number of methoxy groups -OCH3 is 1. The van der Waals surface area contributed by atoms with E-state index in [2.05, 4.69) is 17.4 Å². The molecule has 1 aromatic rings.